The Bertz CT molecular complexity index is 889. The molecular weight excluding hydrogens is 386 g/mol. The maximum absolute atomic E-state index is 12.6. The molecule has 1 amide bonds. The van der Waals surface area contributed by atoms with Gasteiger partial charge in [0.1, 0.15) is 12.4 Å². The Morgan fingerprint density at radius 1 is 1.20 bits per heavy atom. The SMILES string of the molecule is COC(=O)c1ccc(C)c(NC(=O)C2=Cc3cc(Br)ccc3OC2)c1. The van der Waals surface area contributed by atoms with Gasteiger partial charge in [-0.05, 0) is 48.9 Å². The summed E-state index contributed by atoms with van der Waals surface area (Å²) in [6.07, 6.45) is 1.80. The van der Waals surface area contributed by atoms with Crippen LogP contribution in [0.1, 0.15) is 21.5 Å². The summed E-state index contributed by atoms with van der Waals surface area (Å²) in [5.41, 5.74) is 3.14. The van der Waals surface area contributed by atoms with Gasteiger partial charge in [0.05, 0.1) is 18.2 Å². The number of halogens is 1. The van der Waals surface area contributed by atoms with E-state index in [2.05, 4.69) is 21.2 Å². The first-order valence-corrected chi connectivity index (χ1v) is 8.40. The maximum atomic E-state index is 12.6. The van der Waals surface area contributed by atoms with Crippen molar-refractivity contribution in [3.05, 3.63) is 63.1 Å². The molecule has 1 heterocycles. The number of esters is 1. The summed E-state index contributed by atoms with van der Waals surface area (Å²) >= 11 is 3.41. The Hall–Kier alpha value is -2.60. The van der Waals surface area contributed by atoms with Gasteiger partial charge in [-0.25, -0.2) is 4.79 Å². The Labute approximate surface area is 153 Å². The van der Waals surface area contributed by atoms with Crippen LogP contribution in [0.4, 0.5) is 5.69 Å². The van der Waals surface area contributed by atoms with E-state index >= 15 is 0 Å². The van der Waals surface area contributed by atoms with Crippen LogP contribution >= 0.6 is 15.9 Å². The second kappa shape index (κ2) is 7.11. The molecule has 0 atom stereocenters. The Balaban J connectivity index is 1.84. The zero-order valence-electron chi connectivity index (χ0n) is 13.8. The van der Waals surface area contributed by atoms with Gasteiger partial charge in [0.25, 0.3) is 5.91 Å². The van der Waals surface area contributed by atoms with Crippen LogP contribution in [0.5, 0.6) is 5.75 Å². The zero-order valence-corrected chi connectivity index (χ0v) is 15.3. The molecule has 0 aromatic heterocycles. The lowest BCUT2D eigenvalue weighted by Crippen LogP contribution is -2.21. The quantitative estimate of drug-likeness (QED) is 0.790. The molecule has 1 N–H and O–H groups in total. The lowest BCUT2D eigenvalue weighted by Gasteiger charge is -2.18. The summed E-state index contributed by atoms with van der Waals surface area (Å²) in [5, 5.41) is 2.84. The van der Waals surface area contributed by atoms with E-state index in [0.29, 0.717) is 16.8 Å². The first-order valence-electron chi connectivity index (χ1n) is 7.61. The number of hydrogen-bond donors (Lipinski definition) is 1. The largest absolute Gasteiger partial charge is 0.488 e. The molecule has 0 radical (unpaired) electrons. The number of rotatable bonds is 3. The first-order chi connectivity index (χ1) is 12.0. The second-order valence-electron chi connectivity index (χ2n) is 5.62. The third-order valence-corrected chi connectivity index (χ3v) is 4.38. The number of anilines is 1. The summed E-state index contributed by atoms with van der Waals surface area (Å²) in [7, 11) is 1.32. The number of carbonyl (C=O) groups is 2. The molecule has 0 unspecified atom stereocenters. The zero-order chi connectivity index (χ0) is 18.0. The van der Waals surface area contributed by atoms with E-state index in [4.69, 9.17) is 9.47 Å². The highest BCUT2D eigenvalue weighted by atomic mass is 79.9. The number of fused-ring (bicyclic) bond motifs is 1. The van der Waals surface area contributed by atoms with Crippen molar-refractivity contribution in [1.82, 2.24) is 0 Å². The van der Waals surface area contributed by atoms with Gasteiger partial charge in [0.15, 0.2) is 0 Å². The molecule has 3 rings (SSSR count). The molecule has 5 nitrogen and oxygen atoms in total. The Morgan fingerprint density at radius 3 is 2.76 bits per heavy atom. The average molecular weight is 402 g/mol. The van der Waals surface area contributed by atoms with Gasteiger partial charge in [-0.1, -0.05) is 22.0 Å². The standard InChI is InChI=1S/C19H16BrNO4/c1-11-3-4-12(19(23)24-2)9-16(11)21-18(22)14-7-13-8-15(20)5-6-17(13)25-10-14/h3-9H,10H2,1-2H3,(H,21,22). The van der Waals surface area contributed by atoms with Crippen LogP contribution < -0.4 is 10.1 Å². The van der Waals surface area contributed by atoms with Crippen molar-refractivity contribution in [1.29, 1.82) is 0 Å². The van der Waals surface area contributed by atoms with Gasteiger partial charge in [-0.15, -0.1) is 0 Å². The van der Waals surface area contributed by atoms with Gasteiger partial charge in [-0.3, -0.25) is 4.79 Å². The Morgan fingerprint density at radius 2 is 2.00 bits per heavy atom. The number of methoxy groups -OCH3 is 1. The van der Waals surface area contributed by atoms with Crippen LogP contribution in [0, 0.1) is 6.92 Å². The number of aryl methyl sites for hydroxylation is 1. The van der Waals surface area contributed by atoms with Crippen molar-refractivity contribution in [3.8, 4) is 5.75 Å². The van der Waals surface area contributed by atoms with E-state index in [1.165, 1.54) is 7.11 Å². The smallest absolute Gasteiger partial charge is 0.337 e. The summed E-state index contributed by atoms with van der Waals surface area (Å²) in [6, 6.07) is 10.7. The van der Waals surface area contributed by atoms with Crippen molar-refractivity contribution in [3.63, 3.8) is 0 Å². The lowest BCUT2D eigenvalue weighted by atomic mass is 10.1. The minimum atomic E-state index is -0.450. The van der Waals surface area contributed by atoms with Crippen molar-refractivity contribution in [2.45, 2.75) is 6.92 Å². The second-order valence-corrected chi connectivity index (χ2v) is 6.53. The van der Waals surface area contributed by atoms with Crippen molar-refractivity contribution >= 4 is 39.6 Å². The number of benzene rings is 2. The highest BCUT2D eigenvalue weighted by Gasteiger charge is 2.18. The van der Waals surface area contributed by atoms with E-state index in [-0.39, 0.29) is 12.5 Å². The molecule has 25 heavy (non-hydrogen) atoms. The normalized spacial score (nSPS) is 12.5. The third kappa shape index (κ3) is 3.74. The monoisotopic (exact) mass is 401 g/mol. The molecule has 0 spiro atoms. The highest BCUT2D eigenvalue weighted by Crippen LogP contribution is 2.29. The summed E-state index contributed by atoms with van der Waals surface area (Å²) in [5.74, 6) is 0.0221. The number of carbonyl (C=O) groups excluding carboxylic acids is 2. The van der Waals surface area contributed by atoms with Gasteiger partial charge < -0.3 is 14.8 Å². The highest BCUT2D eigenvalue weighted by molar-refractivity contribution is 9.10. The minimum Gasteiger partial charge on any atom is -0.488 e. The summed E-state index contributed by atoms with van der Waals surface area (Å²) < 4.78 is 11.3. The number of hydrogen-bond acceptors (Lipinski definition) is 4. The van der Waals surface area contributed by atoms with E-state index in [1.54, 1.807) is 24.3 Å². The van der Waals surface area contributed by atoms with Gasteiger partial charge in [0, 0.05) is 15.7 Å². The number of nitrogens with one attached hydrogen (secondary N) is 1. The minimum absolute atomic E-state index is 0.191. The lowest BCUT2D eigenvalue weighted by molar-refractivity contribution is -0.113. The van der Waals surface area contributed by atoms with Crippen LogP contribution in [0.2, 0.25) is 0 Å². The van der Waals surface area contributed by atoms with Crippen LogP contribution in [0.15, 0.2) is 46.4 Å². The summed E-state index contributed by atoms with van der Waals surface area (Å²) in [6.45, 7) is 2.05. The molecule has 0 bridgehead atoms. The fourth-order valence-electron chi connectivity index (χ4n) is 2.48. The molecule has 1 aliphatic rings. The predicted octanol–water partition coefficient (Wildman–Crippen LogP) is 3.96. The maximum Gasteiger partial charge on any atom is 0.337 e. The van der Waals surface area contributed by atoms with Gasteiger partial charge >= 0.3 is 5.97 Å². The van der Waals surface area contributed by atoms with Gasteiger partial charge in [0.2, 0.25) is 0 Å². The van der Waals surface area contributed by atoms with Crippen LogP contribution in [-0.2, 0) is 9.53 Å². The number of ether oxygens (including phenoxy) is 2. The molecule has 128 valence electrons. The molecular formula is C19H16BrNO4. The molecule has 2 aromatic rings. The molecule has 6 heteroatoms. The van der Waals surface area contributed by atoms with Gasteiger partial charge in [-0.2, -0.15) is 0 Å². The van der Waals surface area contributed by atoms with Crippen LogP contribution in [0.3, 0.4) is 0 Å². The number of amides is 1. The summed E-state index contributed by atoms with van der Waals surface area (Å²) in [4.78, 5) is 24.2. The van der Waals surface area contributed by atoms with Crippen molar-refractivity contribution < 1.29 is 19.1 Å². The molecule has 0 fully saturated rings. The Kier molecular flexibility index (Phi) is 4.90. The topological polar surface area (TPSA) is 64.6 Å². The third-order valence-electron chi connectivity index (χ3n) is 3.88. The molecule has 0 saturated heterocycles. The van der Waals surface area contributed by atoms with Crippen LogP contribution in [-0.4, -0.2) is 25.6 Å². The fourth-order valence-corrected chi connectivity index (χ4v) is 2.86. The molecule has 0 aliphatic carbocycles. The van der Waals surface area contributed by atoms with Crippen molar-refractivity contribution in [2.24, 2.45) is 0 Å². The average Bonchev–Trinajstić information content (AvgIpc) is 2.62. The van der Waals surface area contributed by atoms with E-state index in [0.717, 1.165) is 21.3 Å². The van der Waals surface area contributed by atoms with Crippen molar-refractivity contribution in [2.75, 3.05) is 19.0 Å². The first kappa shape index (κ1) is 17.2. The predicted molar refractivity (Wildman–Crippen MR) is 98.8 cm³/mol. The van der Waals surface area contributed by atoms with E-state index in [1.807, 2.05) is 25.1 Å². The van der Waals surface area contributed by atoms with E-state index in [9.17, 15) is 9.59 Å². The van der Waals surface area contributed by atoms with Crippen LogP contribution in [0.25, 0.3) is 6.08 Å². The van der Waals surface area contributed by atoms with E-state index < -0.39 is 5.97 Å². The molecule has 1 aliphatic heterocycles. The fraction of sp³-hybridized carbons (Fsp3) is 0.158. The molecule has 0 saturated carbocycles. The molecule has 2 aromatic carbocycles.